The van der Waals surface area contributed by atoms with Crippen molar-refractivity contribution in [2.24, 2.45) is 11.8 Å². The highest BCUT2D eigenvalue weighted by atomic mass is 35.5. The summed E-state index contributed by atoms with van der Waals surface area (Å²) in [5, 5.41) is 0.795. The van der Waals surface area contributed by atoms with Crippen LogP contribution in [0.1, 0.15) is 12.0 Å². The number of fused-ring (bicyclic) bond motifs is 1. The van der Waals surface area contributed by atoms with Gasteiger partial charge in [-0.25, -0.2) is 0 Å². The van der Waals surface area contributed by atoms with Crippen LogP contribution in [0.2, 0.25) is 5.02 Å². The van der Waals surface area contributed by atoms with Crippen LogP contribution in [0, 0.1) is 11.8 Å². The predicted molar refractivity (Wildman–Crippen MR) is 64.8 cm³/mol. The highest BCUT2D eigenvalue weighted by molar-refractivity contribution is 6.32. The summed E-state index contributed by atoms with van der Waals surface area (Å²) < 4.78 is 0. The van der Waals surface area contributed by atoms with Crippen LogP contribution in [0.3, 0.4) is 0 Å². The van der Waals surface area contributed by atoms with Crippen molar-refractivity contribution in [2.75, 3.05) is 18.0 Å². The molecular weight excluding hydrogens is 229 g/mol. The van der Waals surface area contributed by atoms with E-state index in [2.05, 4.69) is 11.0 Å². The largest absolute Gasteiger partial charge is 0.371 e. The van der Waals surface area contributed by atoms with Crippen LogP contribution in [0.4, 0.5) is 5.69 Å². The Morgan fingerprint density at radius 2 is 2.00 bits per heavy atom. The Morgan fingerprint density at radius 3 is 2.60 bits per heavy atom. The topological polar surface area (TPSA) is 3.24 Å². The maximum absolute atomic E-state index is 6.14. The molecule has 1 nitrogen and oxygen atoms in total. The summed E-state index contributed by atoms with van der Waals surface area (Å²) in [6.45, 7) is 2.42. The lowest BCUT2D eigenvalue weighted by Gasteiger charge is -2.20. The fourth-order valence-electron chi connectivity index (χ4n) is 2.45. The molecule has 1 saturated carbocycles. The highest BCUT2D eigenvalue weighted by Crippen LogP contribution is 2.46. The van der Waals surface area contributed by atoms with Gasteiger partial charge in [0.15, 0.2) is 0 Å². The normalized spacial score (nSPS) is 28.0. The molecular formula is C12H13Cl2N. The van der Waals surface area contributed by atoms with E-state index in [1.54, 1.807) is 0 Å². The fourth-order valence-corrected chi connectivity index (χ4v) is 2.99. The predicted octanol–water partition coefficient (Wildman–Crippen LogP) is 3.53. The third-order valence-electron chi connectivity index (χ3n) is 3.52. The molecule has 3 heteroatoms. The van der Waals surface area contributed by atoms with E-state index in [1.165, 1.54) is 25.2 Å². The van der Waals surface area contributed by atoms with E-state index in [0.29, 0.717) is 5.88 Å². The van der Waals surface area contributed by atoms with Crippen LogP contribution in [-0.2, 0) is 5.88 Å². The van der Waals surface area contributed by atoms with Crippen molar-refractivity contribution < 1.29 is 0 Å². The Hall–Kier alpha value is -0.400. The van der Waals surface area contributed by atoms with Gasteiger partial charge in [-0.2, -0.15) is 0 Å². The van der Waals surface area contributed by atoms with E-state index in [1.807, 2.05) is 12.1 Å². The summed E-state index contributed by atoms with van der Waals surface area (Å²) in [6.07, 6.45) is 1.43. The van der Waals surface area contributed by atoms with Crippen LogP contribution >= 0.6 is 23.2 Å². The van der Waals surface area contributed by atoms with Crippen LogP contribution in [0.15, 0.2) is 18.2 Å². The molecule has 1 heterocycles. The van der Waals surface area contributed by atoms with Crippen molar-refractivity contribution in [1.29, 1.82) is 0 Å². The molecule has 0 N–H and O–H groups in total. The molecule has 2 fully saturated rings. The number of alkyl halides is 1. The Labute approximate surface area is 100.0 Å². The first-order valence-electron chi connectivity index (χ1n) is 5.37. The van der Waals surface area contributed by atoms with Crippen molar-refractivity contribution >= 4 is 28.9 Å². The molecule has 1 saturated heterocycles. The Kier molecular flexibility index (Phi) is 2.33. The Bertz CT molecular complexity index is 381. The lowest BCUT2D eigenvalue weighted by molar-refractivity contribution is 0.820. The van der Waals surface area contributed by atoms with Crippen molar-refractivity contribution in [2.45, 2.75) is 12.3 Å². The summed E-state index contributed by atoms with van der Waals surface area (Å²) in [5.74, 6) is 2.40. The Morgan fingerprint density at radius 1 is 1.27 bits per heavy atom. The zero-order chi connectivity index (χ0) is 10.4. The van der Waals surface area contributed by atoms with E-state index in [0.717, 1.165) is 22.4 Å². The monoisotopic (exact) mass is 241 g/mol. The van der Waals surface area contributed by atoms with Gasteiger partial charge in [-0.1, -0.05) is 17.7 Å². The molecule has 2 atom stereocenters. The molecule has 1 aliphatic heterocycles. The molecule has 1 aliphatic carbocycles. The van der Waals surface area contributed by atoms with Gasteiger partial charge in [-0.3, -0.25) is 0 Å². The number of anilines is 1. The van der Waals surface area contributed by atoms with Gasteiger partial charge in [0, 0.05) is 29.7 Å². The summed E-state index contributed by atoms with van der Waals surface area (Å²) in [7, 11) is 0. The molecule has 1 aromatic rings. The van der Waals surface area contributed by atoms with E-state index in [9.17, 15) is 0 Å². The maximum atomic E-state index is 6.14. The minimum absolute atomic E-state index is 0.490. The number of hydrogen-bond donors (Lipinski definition) is 0. The molecule has 0 aromatic heterocycles. The minimum Gasteiger partial charge on any atom is -0.371 e. The van der Waals surface area contributed by atoms with Gasteiger partial charge in [0.2, 0.25) is 0 Å². The molecule has 2 unspecified atom stereocenters. The zero-order valence-corrected chi connectivity index (χ0v) is 9.93. The molecule has 3 rings (SSSR count). The average molecular weight is 242 g/mol. The molecule has 1 aromatic carbocycles. The second kappa shape index (κ2) is 3.57. The summed E-state index contributed by atoms with van der Waals surface area (Å²) >= 11 is 11.9. The highest BCUT2D eigenvalue weighted by Gasteiger charge is 2.45. The van der Waals surface area contributed by atoms with Gasteiger partial charge in [-0.15, -0.1) is 11.6 Å². The standard InChI is InChI=1S/C12H13Cl2N/c13-5-8-1-2-11(4-12(8)14)15-6-9-3-10(9)7-15/h1-2,4,9-10H,3,5-7H2. The smallest absolute Gasteiger partial charge is 0.0488 e. The quantitative estimate of drug-likeness (QED) is 0.717. The lowest BCUT2D eigenvalue weighted by Crippen LogP contribution is -2.21. The Balaban J connectivity index is 1.83. The number of halogens is 2. The van der Waals surface area contributed by atoms with Crippen LogP contribution in [0.5, 0.6) is 0 Å². The minimum atomic E-state index is 0.490. The molecule has 15 heavy (non-hydrogen) atoms. The van der Waals surface area contributed by atoms with Crippen molar-refractivity contribution in [3.05, 3.63) is 28.8 Å². The first-order valence-corrected chi connectivity index (χ1v) is 6.28. The second-order valence-corrected chi connectivity index (χ2v) is 5.24. The van der Waals surface area contributed by atoms with E-state index < -0.39 is 0 Å². The van der Waals surface area contributed by atoms with Crippen molar-refractivity contribution in [3.8, 4) is 0 Å². The SMILES string of the molecule is ClCc1ccc(N2CC3CC3C2)cc1Cl. The van der Waals surface area contributed by atoms with Gasteiger partial charge in [0.05, 0.1) is 0 Å². The number of rotatable bonds is 2. The van der Waals surface area contributed by atoms with Crippen LogP contribution in [-0.4, -0.2) is 13.1 Å². The molecule has 80 valence electrons. The molecule has 0 amide bonds. The first-order chi connectivity index (χ1) is 7.28. The zero-order valence-electron chi connectivity index (χ0n) is 8.42. The van der Waals surface area contributed by atoms with Gasteiger partial charge >= 0.3 is 0 Å². The van der Waals surface area contributed by atoms with Gasteiger partial charge < -0.3 is 4.90 Å². The van der Waals surface area contributed by atoms with Crippen LogP contribution in [0.25, 0.3) is 0 Å². The number of hydrogen-bond acceptors (Lipinski definition) is 1. The lowest BCUT2D eigenvalue weighted by atomic mass is 10.2. The average Bonchev–Trinajstić information content (AvgIpc) is 2.86. The summed E-state index contributed by atoms with van der Waals surface area (Å²) in [5.41, 5.74) is 2.27. The van der Waals surface area contributed by atoms with E-state index >= 15 is 0 Å². The first kappa shape index (κ1) is 9.80. The summed E-state index contributed by atoms with van der Waals surface area (Å²) in [6, 6.07) is 6.22. The van der Waals surface area contributed by atoms with Gasteiger partial charge in [-0.05, 0) is 36.0 Å². The van der Waals surface area contributed by atoms with Crippen molar-refractivity contribution in [1.82, 2.24) is 0 Å². The third kappa shape index (κ3) is 1.72. The third-order valence-corrected chi connectivity index (χ3v) is 4.16. The second-order valence-electron chi connectivity index (χ2n) is 4.57. The fraction of sp³-hybridized carbons (Fsp3) is 0.500. The van der Waals surface area contributed by atoms with E-state index in [-0.39, 0.29) is 0 Å². The van der Waals surface area contributed by atoms with Crippen molar-refractivity contribution in [3.63, 3.8) is 0 Å². The molecule has 0 spiro atoms. The molecule has 0 bridgehead atoms. The summed E-state index contributed by atoms with van der Waals surface area (Å²) in [4.78, 5) is 2.43. The number of piperidine rings is 1. The van der Waals surface area contributed by atoms with Crippen LogP contribution < -0.4 is 4.90 Å². The van der Waals surface area contributed by atoms with E-state index in [4.69, 9.17) is 23.2 Å². The number of nitrogens with zero attached hydrogens (tertiary/aromatic N) is 1. The number of benzene rings is 1. The maximum Gasteiger partial charge on any atom is 0.0488 e. The van der Waals surface area contributed by atoms with Gasteiger partial charge in [0.25, 0.3) is 0 Å². The van der Waals surface area contributed by atoms with Gasteiger partial charge in [0.1, 0.15) is 0 Å². The molecule has 0 radical (unpaired) electrons. The molecule has 2 aliphatic rings.